The first-order chi connectivity index (χ1) is 11.6. The van der Waals surface area contributed by atoms with Gasteiger partial charge in [-0.1, -0.05) is 66.2 Å². The number of benzene rings is 3. The van der Waals surface area contributed by atoms with E-state index >= 15 is 0 Å². The highest BCUT2D eigenvalue weighted by Crippen LogP contribution is 2.20. The van der Waals surface area contributed by atoms with Crippen LogP contribution < -0.4 is 5.32 Å². The topological polar surface area (TPSA) is 29.1 Å². The van der Waals surface area contributed by atoms with Crippen LogP contribution in [0.3, 0.4) is 0 Å². The molecule has 0 heterocycles. The Morgan fingerprint density at radius 2 is 1.42 bits per heavy atom. The second kappa shape index (κ2) is 7.33. The Labute approximate surface area is 147 Å². The van der Waals surface area contributed by atoms with Gasteiger partial charge in [0, 0.05) is 10.6 Å². The molecule has 3 heteroatoms. The number of carbonyl (C=O) groups excluding carboxylic acids is 1. The molecule has 3 aromatic carbocycles. The Hall–Kier alpha value is -2.58. The molecule has 1 atom stereocenters. The molecular formula is C21H18ClNO. The highest BCUT2D eigenvalue weighted by atomic mass is 35.5. The van der Waals surface area contributed by atoms with Crippen LogP contribution in [-0.4, -0.2) is 5.91 Å². The maximum absolute atomic E-state index is 12.4. The molecule has 1 amide bonds. The van der Waals surface area contributed by atoms with Gasteiger partial charge in [-0.2, -0.15) is 0 Å². The van der Waals surface area contributed by atoms with Gasteiger partial charge in [0.05, 0.1) is 6.04 Å². The van der Waals surface area contributed by atoms with Crippen molar-refractivity contribution in [1.82, 2.24) is 5.32 Å². The van der Waals surface area contributed by atoms with E-state index in [1.54, 1.807) is 0 Å². The van der Waals surface area contributed by atoms with E-state index in [-0.39, 0.29) is 11.9 Å². The van der Waals surface area contributed by atoms with Gasteiger partial charge in [-0.05, 0) is 47.9 Å². The van der Waals surface area contributed by atoms with Crippen molar-refractivity contribution in [3.8, 4) is 11.1 Å². The van der Waals surface area contributed by atoms with E-state index in [1.165, 1.54) is 0 Å². The molecule has 24 heavy (non-hydrogen) atoms. The van der Waals surface area contributed by atoms with Crippen LogP contribution in [-0.2, 0) is 0 Å². The van der Waals surface area contributed by atoms with Gasteiger partial charge in [0.25, 0.3) is 5.91 Å². The summed E-state index contributed by atoms with van der Waals surface area (Å²) in [5.41, 5.74) is 3.90. The second-order valence-electron chi connectivity index (χ2n) is 5.69. The zero-order valence-corrected chi connectivity index (χ0v) is 14.1. The molecule has 3 aromatic rings. The lowest BCUT2D eigenvalue weighted by Crippen LogP contribution is -2.26. The number of carbonyl (C=O) groups is 1. The fraction of sp³-hybridized carbons (Fsp3) is 0.0952. The summed E-state index contributed by atoms with van der Waals surface area (Å²) in [7, 11) is 0. The van der Waals surface area contributed by atoms with E-state index in [9.17, 15) is 4.79 Å². The van der Waals surface area contributed by atoms with Crippen LogP contribution in [0.4, 0.5) is 0 Å². The zero-order valence-electron chi connectivity index (χ0n) is 13.4. The Morgan fingerprint density at radius 1 is 0.833 bits per heavy atom. The predicted molar refractivity (Wildman–Crippen MR) is 99.2 cm³/mol. The highest BCUT2D eigenvalue weighted by Gasteiger charge is 2.11. The van der Waals surface area contributed by atoms with E-state index in [1.807, 2.05) is 73.7 Å². The molecule has 0 radical (unpaired) electrons. The van der Waals surface area contributed by atoms with Crippen LogP contribution in [0, 0.1) is 0 Å². The lowest BCUT2D eigenvalue weighted by molar-refractivity contribution is 0.0940. The number of nitrogens with one attached hydrogen (secondary N) is 1. The zero-order chi connectivity index (χ0) is 16.9. The lowest BCUT2D eigenvalue weighted by atomic mass is 10.0. The van der Waals surface area contributed by atoms with Gasteiger partial charge in [-0.25, -0.2) is 0 Å². The number of hydrogen-bond acceptors (Lipinski definition) is 1. The van der Waals surface area contributed by atoms with Crippen LogP contribution in [0.5, 0.6) is 0 Å². The molecule has 0 aliphatic rings. The monoisotopic (exact) mass is 335 g/mol. The first-order valence-corrected chi connectivity index (χ1v) is 8.23. The van der Waals surface area contributed by atoms with Crippen molar-refractivity contribution in [1.29, 1.82) is 0 Å². The summed E-state index contributed by atoms with van der Waals surface area (Å²) in [6, 6.07) is 25.2. The molecule has 0 aromatic heterocycles. The van der Waals surface area contributed by atoms with Crippen LogP contribution in [0.15, 0.2) is 78.9 Å². The minimum absolute atomic E-state index is 0.0800. The third-order valence-corrected chi connectivity index (χ3v) is 4.22. The highest BCUT2D eigenvalue weighted by molar-refractivity contribution is 6.30. The number of hydrogen-bond donors (Lipinski definition) is 1. The van der Waals surface area contributed by atoms with Crippen molar-refractivity contribution in [2.24, 2.45) is 0 Å². The Balaban J connectivity index is 1.70. The van der Waals surface area contributed by atoms with Crippen LogP contribution in [0.25, 0.3) is 11.1 Å². The molecular weight excluding hydrogens is 318 g/mol. The summed E-state index contributed by atoms with van der Waals surface area (Å²) in [6.45, 7) is 1.96. The van der Waals surface area contributed by atoms with E-state index < -0.39 is 0 Å². The van der Waals surface area contributed by atoms with E-state index in [0.29, 0.717) is 10.6 Å². The average molecular weight is 336 g/mol. The standard InChI is InChI=1S/C21H18ClNO/c1-15(16-11-13-20(22)14-12-16)23-21(24)19-9-7-18(8-10-19)17-5-3-2-4-6-17/h2-15H,1H3,(H,23,24)/t15-/m0/s1. The van der Waals surface area contributed by atoms with Gasteiger partial charge in [-0.15, -0.1) is 0 Å². The van der Waals surface area contributed by atoms with Crippen molar-refractivity contribution >= 4 is 17.5 Å². The summed E-state index contributed by atoms with van der Waals surface area (Å²) in [5, 5.41) is 3.70. The third kappa shape index (κ3) is 3.84. The quantitative estimate of drug-likeness (QED) is 0.670. The molecule has 120 valence electrons. The van der Waals surface area contributed by atoms with Crippen LogP contribution in [0.2, 0.25) is 5.02 Å². The van der Waals surface area contributed by atoms with Gasteiger partial charge in [0.15, 0.2) is 0 Å². The number of amides is 1. The first kappa shape index (κ1) is 16.3. The molecule has 0 aliphatic carbocycles. The van der Waals surface area contributed by atoms with Crippen LogP contribution in [0.1, 0.15) is 28.9 Å². The summed E-state index contributed by atoms with van der Waals surface area (Å²) in [6.07, 6.45) is 0. The third-order valence-electron chi connectivity index (χ3n) is 3.97. The molecule has 0 fully saturated rings. The lowest BCUT2D eigenvalue weighted by Gasteiger charge is -2.14. The Kier molecular flexibility index (Phi) is 4.97. The minimum Gasteiger partial charge on any atom is -0.346 e. The Morgan fingerprint density at radius 3 is 2.04 bits per heavy atom. The number of rotatable bonds is 4. The van der Waals surface area contributed by atoms with Crippen LogP contribution >= 0.6 is 11.6 Å². The largest absolute Gasteiger partial charge is 0.346 e. The van der Waals surface area contributed by atoms with Crippen molar-refractivity contribution in [2.45, 2.75) is 13.0 Å². The molecule has 0 aliphatic heterocycles. The van der Waals surface area contributed by atoms with Gasteiger partial charge in [-0.3, -0.25) is 4.79 Å². The molecule has 2 nitrogen and oxygen atoms in total. The fourth-order valence-electron chi connectivity index (χ4n) is 2.56. The fourth-order valence-corrected chi connectivity index (χ4v) is 2.69. The minimum atomic E-state index is -0.0861. The van der Waals surface area contributed by atoms with Gasteiger partial charge >= 0.3 is 0 Å². The maximum Gasteiger partial charge on any atom is 0.251 e. The molecule has 0 unspecified atom stereocenters. The van der Waals surface area contributed by atoms with Gasteiger partial charge in [0.1, 0.15) is 0 Å². The van der Waals surface area contributed by atoms with Crippen molar-refractivity contribution in [3.63, 3.8) is 0 Å². The van der Waals surface area contributed by atoms with Crippen molar-refractivity contribution in [2.75, 3.05) is 0 Å². The first-order valence-electron chi connectivity index (χ1n) is 7.85. The predicted octanol–water partition coefficient (Wildman–Crippen LogP) is 5.50. The summed E-state index contributed by atoms with van der Waals surface area (Å²) < 4.78 is 0. The summed E-state index contributed by atoms with van der Waals surface area (Å²) in [4.78, 5) is 12.4. The maximum atomic E-state index is 12.4. The van der Waals surface area contributed by atoms with E-state index in [4.69, 9.17) is 11.6 Å². The Bertz CT molecular complexity index is 811. The normalized spacial score (nSPS) is 11.8. The molecule has 0 spiro atoms. The molecule has 0 saturated heterocycles. The SMILES string of the molecule is C[C@H](NC(=O)c1ccc(-c2ccccc2)cc1)c1ccc(Cl)cc1. The number of halogens is 1. The molecule has 0 saturated carbocycles. The smallest absolute Gasteiger partial charge is 0.251 e. The van der Waals surface area contributed by atoms with E-state index in [2.05, 4.69) is 17.4 Å². The van der Waals surface area contributed by atoms with Crippen molar-refractivity contribution < 1.29 is 4.79 Å². The van der Waals surface area contributed by atoms with Gasteiger partial charge in [0.2, 0.25) is 0 Å². The molecule has 3 rings (SSSR count). The van der Waals surface area contributed by atoms with Gasteiger partial charge < -0.3 is 5.32 Å². The molecule has 0 bridgehead atoms. The summed E-state index contributed by atoms with van der Waals surface area (Å²) >= 11 is 5.90. The summed E-state index contributed by atoms with van der Waals surface area (Å²) in [5.74, 6) is -0.0861. The average Bonchev–Trinajstić information content (AvgIpc) is 2.63. The van der Waals surface area contributed by atoms with Crippen molar-refractivity contribution in [3.05, 3.63) is 95.0 Å². The second-order valence-corrected chi connectivity index (χ2v) is 6.13. The molecule has 1 N–H and O–H groups in total. The van der Waals surface area contributed by atoms with E-state index in [0.717, 1.165) is 16.7 Å².